The highest BCUT2D eigenvalue weighted by Crippen LogP contribution is 2.34. The lowest BCUT2D eigenvalue weighted by molar-refractivity contribution is 0.0997. The van der Waals surface area contributed by atoms with Crippen LogP contribution in [0, 0.1) is 5.92 Å². The minimum absolute atomic E-state index is 0.495. The molecule has 1 aliphatic carbocycles. The lowest BCUT2D eigenvalue weighted by Crippen LogP contribution is -2.52. The molecule has 3 N–H and O–H groups in total. The second-order valence-corrected chi connectivity index (χ2v) is 6.02. The first-order valence-corrected chi connectivity index (χ1v) is 7.04. The van der Waals surface area contributed by atoms with Crippen molar-refractivity contribution in [3.63, 3.8) is 0 Å². The third kappa shape index (κ3) is 4.21. The first-order chi connectivity index (χ1) is 8.19. The van der Waals surface area contributed by atoms with Gasteiger partial charge in [0.05, 0.1) is 0 Å². The Morgan fingerprint density at radius 3 is 2.71 bits per heavy atom. The lowest BCUT2D eigenvalue weighted by atomic mass is 9.99. The third-order valence-electron chi connectivity index (χ3n) is 4.39. The van der Waals surface area contributed by atoms with Gasteiger partial charge in [-0.1, -0.05) is 12.8 Å². The van der Waals surface area contributed by atoms with Crippen molar-refractivity contribution in [2.75, 3.05) is 33.7 Å². The predicted molar refractivity (Wildman–Crippen MR) is 71.6 cm³/mol. The Kier molecular flexibility index (Phi) is 4.79. The van der Waals surface area contributed by atoms with E-state index >= 15 is 0 Å². The van der Waals surface area contributed by atoms with Crippen LogP contribution in [0.2, 0.25) is 0 Å². The maximum atomic E-state index is 5.69. The molecule has 0 radical (unpaired) electrons. The number of likely N-dealkylation sites (N-methyl/N-ethyl adjacent to an activating group) is 2. The number of nitrogens with zero attached hydrogens (tertiary/aromatic N) is 2. The summed E-state index contributed by atoms with van der Waals surface area (Å²) in [6.45, 7) is 3.55. The number of hydrogen-bond acceptors (Lipinski definition) is 4. The van der Waals surface area contributed by atoms with Crippen LogP contribution in [-0.4, -0.2) is 55.6 Å². The van der Waals surface area contributed by atoms with Gasteiger partial charge in [-0.25, -0.2) is 0 Å². The maximum absolute atomic E-state index is 5.69. The van der Waals surface area contributed by atoms with Crippen LogP contribution >= 0.6 is 0 Å². The molecule has 17 heavy (non-hydrogen) atoms. The first-order valence-electron chi connectivity index (χ1n) is 7.04. The van der Waals surface area contributed by atoms with Crippen LogP contribution in [0.4, 0.5) is 0 Å². The van der Waals surface area contributed by atoms with Crippen molar-refractivity contribution in [2.24, 2.45) is 11.8 Å². The number of nitrogens with one attached hydrogen (secondary N) is 1. The normalized spacial score (nSPS) is 29.5. The van der Waals surface area contributed by atoms with Gasteiger partial charge in [-0.05, 0) is 39.3 Å². The summed E-state index contributed by atoms with van der Waals surface area (Å²) in [4.78, 5) is 4.92. The van der Waals surface area contributed by atoms with Gasteiger partial charge in [-0.2, -0.15) is 0 Å². The predicted octanol–water partition coefficient (Wildman–Crippen LogP) is 0.644. The number of nitrogens with two attached hydrogens (primary N) is 1. The van der Waals surface area contributed by atoms with Crippen molar-refractivity contribution in [3.8, 4) is 0 Å². The van der Waals surface area contributed by atoms with Gasteiger partial charge in [-0.15, -0.1) is 0 Å². The van der Waals surface area contributed by atoms with Crippen molar-refractivity contribution >= 4 is 0 Å². The van der Waals surface area contributed by atoms with Gasteiger partial charge in [0.2, 0.25) is 0 Å². The molecule has 2 fully saturated rings. The summed E-state index contributed by atoms with van der Waals surface area (Å²) in [7, 11) is 4.46. The fraction of sp³-hybridized carbons (Fsp3) is 1.00. The molecule has 4 nitrogen and oxygen atoms in total. The second-order valence-electron chi connectivity index (χ2n) is 6.02. The van der Waals surface area contributed by atoms with Crippen molar-refractivity contribution in [1.29, 1.82) is 0 Å². The van der Waals surface area contributed by atoms with Crippen molar-refractivity contribution in [2.45, 2.75) is 44.2 Å². The van der Waals surface area contributed by atoms with Gasteiger partial charge in [0.15, 0.2) is 0 Å². The molecular formula is C13H28N4. The molecule has 1 aliphatic heterocycles. The summed E-state index contributed by atoms with van der Waals surface area (Å²) in [6, 6.07) is 1.16. The zero-order valence-corrected chi connectivity index (χ0v) is 11.4. The van der Waals surface area contributed by atoms with E-state index in [-0.39, 0.29) is 0 Å². The van der Waals surface area contributed by atoms with Crippen molar-refractivity contribution < 1.29 is 0 Å². The van der Waals surface area contributed by atoms with Crippen molar-refractivity contribution in [1.82, 2.24) is 15.2 Å². The minimum atomic E-state index is 0.495. The molecular weight excluding hydrogens is 212 g/mol. The highest BCUT2D eigenvalue weighted by Gasteiger charge is 2.27. The molecule has 1 saturated heterocycles. The Hall–Kier alpha value is -0.160. The molecule has 0 aromatic rings. The van der Waals surface area contributed by atoms with Gasteiger partial charge >= 0.3 is 0 Å². The van der Waals surface area contributed by atoms with Gasteiger partial charge in [0.25, 0.3) is 0 Å². The van der Waals surface area contributed by atoms with Gasteiger partial charge in [0, 0.05) is 31.7 Å². The molecule has 100 valence electrons. The number of piperazine rings is 1. The van der Waals surface area contributed by atoms with E-state index in [9.17, 15) is 0 Å². The maximum Gasteiger partial charge on any atom is 0.0235 e. The quantitative estimate of drug-likeness (QED) is 0.528. The number of rotatable bonds is 6. The monoisotopic (exact) mass is 240 g/mol. The van der Waals surface area contributed by atoms with Crippen LogP contribution in [0.3, 0.4) is 0 Å². The van der Waals surface area contributed by atoms with E-state index < -0.39 is 0 Å². The van der Waals surface area contributed by atoms with E-state index in [0.29, 0.717) is 12.1 Å². The first kappa shape index (κ1) is 13.3. The van der Waals surface area contributed by atoms with Crippen LogP contribution < -0.4 is 11.3 Å². The Morgan fingerprint density at radius 1 is 1.29 bits per heavy atom. The molecule has 2 unspecified atom stereocenters. The molecule has 0 spiro atoms. The third-order valence-corrected chi connectivity index (χ3v) is 4.39. The summed E-state index contributed by atoms with van der Waals surface area (Å²) in [6.07, 6.45) is 6.69. The molecule has 1 heterocycles. The van der Waals surface area contributed by atoms with Crippen LogP contribution in [-0.2, 0) is 0 Å². The molecule has 0 bridgehead atoms. The van der Waals surface area contributed by atoms with E-state index in [1.807, 2.05) is 0 Å². The fourth-order valence-corrected chi connectivity index (χ4v) is 2.80. The number of hydrogen-bond donors (Lipinski definition) is 2. The molecule has 2 rings (SSSR count). The average molecular weight is 240 g/mol. The summed E-state index contributed by atoms with van der Waals surface area (Å²) in [5.74, 6) is 6.71. The average Bonchev–Trinajstić information content (AvgIpc) is 3.12. The molecule has 1 saturated carbocycles. The molecule has 0 aromatic heterocycles. The van der Waals surface area contributed by atoms with Crippen molar-refractivity contribution in [3.05, 3.63) is 0 Å². The van der Waals surface area contributed by atoms with Gasteiger partial charge in [0.1, 0.15) is 0 Å². The Labute approximate surface area is 105 Å². The van der Waals surface area contributed by atoms with E-state index in [0.717, 1.165) is 5.92 Å². The second kappa shape index (κ2) is 6.14. The fourth-order valence-electron chi connectivity index (χ4n) is 2.80. The van der Waals surface area contributed by atoms with Crippen LogP contribution in [0.25, 0.3) is 0 Å². The molecule has 4 heteroatoms. The Morgan fingerprint density at radius 2 is 2.06 bits per heavy atom. The minimum Gasteiger partial charge on any atom is -0.304 e. The summed E-state index contributed by atoms with van der Waals surface area (Å²) >= 11 is 0. The summed E-state index contributed by atoms with van der Waals surface area (Å²) in [5.41, 5.74) is 3.02. The SMILES string of the molecule is CN1CCN(C)C(CC(CCC2CC2)NN)C1. The highest BCUT2D eigenvalue weighted by atomic mass is 15.3. The Bertz CT molecular complexity index is 229. The van der Waals surface area contributed by atoms with Crippen LogP contribution in [0.15, 0.2) is 0 Å². The standard InChI is InChI=1S/C13H28N4/c1-16-7-8-17(2)13(10-16)9-12(15-14)6-5-11-3-4-11/h11-13,15H,3-10,14H2,1-2H3. The lowest BCUT2D eigenvalue weighted by Gasteiger charge is -2.39. The smallest absolute Gasteiger partial charge is 0.0235 e. The molecule has 0 aromatic carbocycles. The molecule has 0 amide bonds. The topological polar surface area (TPSA) is 44.5 Å². The van der Waals surface area contributed by atoms with Crippen LogP contribution in [0.5, 0.6) is 0 Å². The largest absolute Gasteiger partial charge is 0.304 e. The Balaban J connectivity index is 1.74. The molecule has 2 atom stereocenters. The zero-order chi connectivity index (χ0) is 12.3. The van der Waals surface area contributed by atoms with Crippen LogP contribution in [0.1, 0.15) is 32.1 Å². The van der Waals surface area contributed by atoms with E-state index in [1.165, 1.54) is 51.7 Å². The van der Waals surface area contributed by atoms with Gasteiger partial charge < -0.3 is 9.80 Å². The number of hydrazine groups is 1. The van der Waals surface area contributed by atoms with E-state index in [4.69, 9.17) is 5.84 Å². The van der Waals surface area contributed by atoms with Gasteiger partial charge in [-0.3, -0.25) is 11.3 Å². The van der Waals surface area contributed by atoms with E-state index in [2.05, 4.69) is 29.3 Å². The summed E-state index contributed by atoms with van der Waals surface area (Å²) < 4.78 is 0. The zero-order valence-electron chi connectivity index (χ0n) is 11.4. The van der Waals surface area contributed by atoms with E-state index in [1.54, 1.807) is 0 Å². The highest BCUT2D eigenvalue weighted by molar-refractivity contribution is 4.84. The molecule has 2 aliphatic rings. The summed E-state index contributed by atoms with van der Waals surface area (Å²) in [5, 5.41) is 0.